The lowest BCUT2D eigenvalue weighted by Crippen LogP contribution is -2.29. The Hall–Kier alpha value is -3.47. The van der Waals surface area contributed by atoms with Crippen molar-refractivity contribution >= 4 is 46.7 Å². The zero-order chi connectivity index (χ0) is 25.1. The molecule has 0 saturated heterocycles. The number of likely N-dealkylation sites (N-methyl/N-ethyl adjacent to an activating group) is 1. The lowest BCUT2D eigenvalue weighted by molar-refractivity contribution is 0.639. The van der Waals surface area contributed by atoms with Gasteiger partial charge in [-0.05, 0) is 42.8 Å². The average Bonchev–Trinajstić information content (AvgIpc) is 3.33. The highest BCUT2D eigenvalue weighted by Crippen LogP contribution is 2.61. The van der Waals surface area contributed by atoms with E-state index in [1.807, 2.05) is 54.2 Å². The molecule has 0 saturated carbocycles. The third-order valence-corrected chi connectivity index (χ3v) is 11.3. The number of hydrogen-bond acceptors (Lipinski definition) is 4. The van der Waals surface area contributed by atoms with Crippen LogP contribution in [0.1, 0.15) is 25.1 Å². The van der Waals surface area contributed by atoms with E-state index in [1.54, 1.807) is 0 Å². The molecule has 3 aromatic carbocycles. The van der Waals surface area contributed by atoms with Gasteiger partial charge >= 0.3 is 0 Å². The van der Waals surface area contributed by atoms with E-state index in [4.69, 9.17) is 21.9 Å². The SMILES string of the molecule is Cc1nn(-c2ccccc2)c2c1P(=S)(Nc1ccccc1)C(=C1N(C)c3ccccc3C1(C)C)C=N2. The van der Waals surface area contributed by atoms with Gasteiger partial charge in [-0.25, -0.2) is 9.67 Å². The third-order valence-electron chi connectivity index (χ3n) is 7.14. The van der Waals surface area contributed by atoms with Crippen LogP contribution >= 0.6 is 6.19 Å². The molecule has 0 spiro atoms. The number of nitrogens with zero attached hydrogens (tertiary/aromatic N) is 4. The Morgan fingerprint density at radius 1 is 0.889 bits per heavy atom. The quantitative estimate of drug-likeness (QED) is 0.314. The largest absolute Gasteiger partial charge is 0.351 e. The molecule has 0 radical (unpaired) electrons. The summed E-state index contributed by atoms with van der Waals surface area (Å²) in [4.78, 5) is 7.33. The second kappa shape index (κ2) is 8.29. The summed E-state index contributed by atoms with van der Waals surface area (Å²) in [6.45, 7) is 6.61. The smallest absolute Gasteiger partial charge is 0.166 e. The Balaban J connectivity index is 1.64. The van der Waals surface area contributed by atoms with Crippen molar-refractivity contribution in [2.45, 2.75) is 26.2 Å². The summed E-state index contributed by atoms with van der Waals surface area (Å²) in [7, 11) is 2.14. The normalized spacial score (nSPS) is 21.8. The highest BCUT2D eigenvalue weighted by molar-refractivity contribution is 8.21. The summed E-state index contributed by atoms with van der Waals surface area (Å²) < 4.78 is 1.93. The molecule has 0 bridgehead atoms. The van der Waals surface area contributed by atoms with Gasteiger partial charge in [0.1, 0.15) is 0 Å². The van der Waals surface area contributed by atoms with Crippen LogP contribution in [0.4, 0.5) is 17.2 Å². The van der Waals surface area contributed by atoms with Crippen LogP contribution in [0.25, 0.3) is 5.69 Å². The molecule has 2 aliphatic heterocycles. The summed E-state index contributed by atoms with van der Waals surface area (Å²) in [6, 6.07) is 29.0. The van der Waals surface area contributed by atoms with Crippen molar-refractivity contribution in [3.8, 4) is 5.69 Å². The van der Waals surface area contributed by atoms with Crippen LogP contribution < -0.4 is 15.3 Å². The highest BCUT2D eigenvalue weighted by Gasteiger charge is 2.45. The molecular weight excluding hydrogens is 481 g/mol. The van der Waals surface area contributed by atoms with Gasteiger partial charge in [0.25, 0.3) is 0 Å². The monoisotopic (exact) mass is 509 g/mol. The number of anilines is 2. The predicted molar refractivity (Wildman–Crippen MR) is 155 cm³/mol. The molecule has 1 N–H and O–H groups in total. The zero-order valence-electron chi connectivity index (χ0n) is 20.8. The first-order valence-corrected chi connectivity index (χ1v) is 14.8. The van der Waals surface area contributed by atoms with Gasteiger partial charge in [-0.2, -0.15) is 5.10 Å². The Morgan fingerprint density at radius 2 is 1.53 bits per heavy atom. The maximum Gasteiger partial charge on any atom is 0.166 e. The molecule has 3 heterocycles. The van der Waals surface area contributed by atoms with Crippen molar-refractivity contribution in [3.63, 3.8) is 0 Å². The topological polar surface area (TPSA) is 45.5 Å². The number of aliphatic imine (C=N–C) groups is 1. The second-order valence-corrected chi connectivity index (χ2v) is 13.8. The molecule has 5 nitrogen and oxygen atoms in total. The Morgan fingerprint density at radius 3 is 2.22 bits per heavy atom. The lowest BCUT2D eigenvalue weighted by Gasteiger charge is -2.35. The summed E-state index contributed by atoms with van der Waals surface area (Å²) in [6.07, 6.45) is -0.580. The molecule has 7 heteroatoms. The van der Waals surface area contributed by atoms with Crippen LogP contribution in [0.5, 0.6) is 0 Å². The van der Waals surface area contributed by atoms with Crippen molar-refractivity contribution in [1.29, 1.82) is 0 Å². The summed E-state index contributed by atoms with van der Waals surface area (Å²) in [5, 5.41) is 10.9. The standard InChI is InChI=1S/C29H28N5PS/c1-20-26-28(34(31-20)22-15-9-6-10-16-22)30-19-25(35(26,36)32-21-13-7-5-8-14-21)27-29(2,3)23-17-11-12-18-24(23)33(27)4/h5-19H,1-4H3,(H,32,36). The maximum absolute atomic E-state index is 6.74. The number of aromatic nitrogens is 2. The van der Waals surface area contributed by atoms with E-state index in [1.165, 1.54) is 16.9 Å². The summed E-state index contributed by atoms with van der Waals surface area (Å²) >= 11 is 6.74. The van der Waals surface area contributed by atoms with Gasteiger partial charge in [0, 0.05) is 41.1 Å². The van der Waals surface area contributed by atoms with Gasteiger partial charge in [0.2, 0.25) is 0 Å². The fraction of sp³-hybridized carbons (Fsp3) is 0.172. The number of nitrogens with one attached hydrogen (secondary N) is 1. The van der Waals surface area contributed by atoms with Crippen LogP contribution in [-0.2, 0) is 17.2 Å². The minimum atomic E-state index is -2.58. The molecular formula is C29H28N5PS. The lowest BCUT2D eigenvalue weighted by atomic mass is 9.84. The minimum Gasteiger partial charge on any atom is -0.351 e. The Bertz CT molecular complexity index is 1580. The van der Waals surface area contributed by atoms with Crippen molar-refractivity contribution < 1.29 is 0 Å². The molecule has 0 fully saturated rings. The van der Waals surface area contributed by atoms with E-state index in [9.17, 15) is 0 Å². The van der Waals surface area contributed by atoms with Gasteiger partial charge in [-0.3, -0.25) is 0 Å². The van der Waals surface area contributed by atoms with E-state index >= 15 is 0 Å². The molecule has 2 aliphatic rings. The first-order valence-electron chi connectivity index (χ1n) is 12.0. The maximum atomic E-state index is 6.74. The first kappa shape index (κ1) is 23.0. The molecule has 4 aromatic rings. The molecule has 1 unspecified atom stereocenters. The van der Waals surface area contributed by atoms with Gasteiger partial charge < -0.3 is 9.99 Å². The molecule has 0 aliphatic carbocycles. The summed E-state index contributed by atoms with van der Waals surface area (Å²) in [5.41, 5.74) is 6.36. The van der Waals surface area contributed by atoms with Crippen LogP contribution in [0.3, 0.4) is 0 Å². The van der Waals surface area contributed by atoms with Crippen LogP contribution in [0.15, 0.2) is 101 Å². The van der Waals surface area contributed by atoms with Crippen LogP contribution in [0, 0.1) is 6.92 Å². The summed E-state index contributed by atoms with van der Waals surface area (Å²) in [5.74, 6) is 0.811. The number of fused-ring (bicyclic) bond motifs is 2. The van der Waals surface area contributed by atoms with Gasteiger partial charge in [0.05, 0.1) is 22.9 Å². The van der Waals surface area contributed by atoms with Crippen molar-refractivity contribution in [1.82, 2.24) is 9.78 Å². The molecule has 180 valence electrons. The second-order valence-electron chi connectivity index (χ2n) is 9.79. The van der Waals surface area contributed by atoms with Crippen molar-refractivity contribution in [2.75, 3.05) is 17.0 Å². The molecule has 36 heavy (non-hydrogen) atoms. The number of benzene rings is 3. The van der Waals surface area contributed by atoms with E-state index in [-0.39, 0.29) is 5.41 Å². The van der Waals surface area contributed by atoms with E-state index < -0.39 is 6.19 Å². The van der Waals surface area contributed by atoms with Crippen molar-refractivity contribution in [2.24, 2.45) is 4.99 Å². The Kier molecular flexibility index (Phi) is 5.29. The van der Waals surface area contributed by atoms with Crippen LogP contribution in [-0.4, -0.2) is 23.0 Å². The number of rotatable bonds is 3. The number of hydrogen-bond donors (Lipinski definition) is 1. The first-order chi connectivity index (χ1) is 17.3. The fourth-order valence-corrected chi connectivity index (χ4v) is 9.77. The molecule has 6 rings (SSSR count). The average molecular weight is 510 g/mol. The van der Waals surface area contributed by atoms with E-state index in [0.29, 0.717) is 0 Å². The van der Waals surface area contributed by atoms with E-state index in [2.05, 4.69) is 79.4 Å². The number of para-hydroxylation sites is 3. The van der Waals surface area contributed by atoms with Gasteiger partial charge in [-0.15, -0.1) is 0 Å². The van der Waals surface area contributed by atoms with Crippen LogP contribution in [0.2, 0.25) is 0 Å². The highest BCUT2D eigenvalue weighted by atomic mass is 32.4. The number of allylic oxidation sites excluding steroid dienone is 2. The van der Waals surface area contributed by atoms with Crippen molar-refractivity contribution in [3.05, 3.63) is 107 Å². The predicted octanol–water partition coefficient (Wildman–Crippen LogP) is 6.67. The minimum absolute atomic E-state index is 0.226. The molecule has 1 atom stereocenters. The fourth-order valence-electron chi connectivity index (χ4n) is 5.54. The molecule has 0 amide bonds. The van der Waals surface area contributed by atoms with Gasteiger partial charge in [-0.1, -0.05) is 80.3 Å². The van der Waals surface area contributed by atoms with E-state index in [0.717, 1.165) is 33.5 Å². The third kappa shape index (κ3) is 3.32. The Labute approximate surface area is 217 Å². The zero-order valence-corrected chi connectivity index (χ0v) is 22.5. The molecule has 1 aromatic heterocycles. The number of aryl methyl sites for hydroxylation is 1. The van der Waals surface area contributed by atoms with Gasteiger partial charge in [0.15, 0.2) is 5.82 Å².